The van der Waals surface area contributed by atoms with Gasteiger partial charge in [0.25, 0.3) is 0 Å². The molecule has 1 fully saturated rings. The van der Waals surface area contributed by atoms with Crippen LogP contribution in [0, 0.1) is 0 Å². The van der Waals surface area contributed by atoms with Crippen molar-refractivity contribution in [1.82, 2.24) is 25.2 Å². The van der Waals surface area contributed by atoms with Gasteiger partial charge >= 0.3 is 6.03 Å². The molecule has 2 aromatic heterocycles. The van der Waals surface area contributed by atoms with Gasteiger partial charge in [0.15, 0.2) is 0 Å². The van der Waals surface area contributed by atoms with Crippen molar-refractivity contribution in [2.45, 2.75) is 26.5 Å². The SMILES string of the molecule is CC(C)Oc1ncccc1CNC(=O)N1CCN(c2ncccn2)CC1. The Labute approximate surface area is 153 Å². The second-order valence-corrected chi connectivity index (χ2v) is 6.32. The molecule has 0 bridgehead atoms. The van der Waals surface area contributed by atoms with E-state index >= 15 is 0 Å². The summed E-state index contributed by atoms with van der Waals surface area (Å²) in [6.45, 7) is 6.98. The molecule has 26 heavy (non-hydrogen) atoms. The molecule has 3 rings (SSSR count). The van der Waals surface area contributed by atoms with Crippen LogP contribution in [-0.4, -0.2) is 58.2 Å². The largest absolute Gasteiger partial charge is 0.475 e. The average molecular weight is 356 g/mol. The van der Waals surface area contributed by atoms with Crippen molar-refractivity contribution in [2.24, 2.45) is 0 Å². The second kappa shape index (κ2) is 8.46. The van der Waals surface area contributed by atoms with Gasteiger partial charge in [0.1, 0.15) is 0 Å². The van der Waals surface area contributed by atoms with Crippen LogP contribution in [0.1, 0.15) is 19.4 Å². The molecule has 0 radical (unpaired) electrons. The minimum absolute atomic E-state index is 0.0348. The molecule has 0 aliphatic carbocycles. The third-order valence-electron chi connectivity index (χ3n) is 4.03. The van der Waals surface area contributed by atoms with E-state index in [1.807, 2.05) is 26.0 Å². The van der Waals surface area contributed by atoms with E-state index in [2.05, 4.69) is 25.2 Å². The van der Waals surface area contributed by atoms with E-state index in [0.29, 0.717) is 44.6 Å². The number of nitrogens with one attached hydrogen (secondary N) is 1. The first-order valence-electron chi connectivity index (χ1n) is 8.79. The molecular weight excluding hydrogens is 332 g/mol. The number of ether oxygens (including phenoxy) is 1. The predicted molar refractivity (Wildman–Crippen MR) is 98.1 cm³/mol. The Hall–Kier alpha value is -2.90. The van der Waals surface area contributed by atoms with Crippen molar-refractivity contribution >= 4 is 12.0 Å². The molecule has 8 nitrogen and oxygen atoms in total. The quantitative estimate of drug-likeness (QED) is 0.878. The Morgan fingerprint density at radius 3 is 2.50 bits per heavy atom. The summed E-state index contributed by atoms with van der Waals surface area (Å²) in [5, 5.41) is 2.95. The number of nitrogens with zero attached hydrogens (tertiary/aromatic N) is 5. The maximum Gasteiger partial charge on any atom is 0.317 e. The lowest BCUT2D eigenvalue weighted by Gasteiger charge is -2.34. The fraction of sp³-hybridized carbons (Fsp3) is 0.444. The molecule has 0 atom stereocenters. The van der Waals surface area contributed by atoms with Gasteiger partial charge in [0.05, 0.1) is 6.10 Å². The average Bonchev–Trinajstić information content (AvgIpc) is 2.67. The fourth-order valence-electron chi connectivity index (χ4n) is 2.73. The standard InChI is InChI=1S/C18H24N6O2/c1-14(2)26-16-15(5-3-6-19-16)13-22-18(25)24-11-9-23(10-12-24)17-20-7-4-8-21-17/h3-8,14H,9-13H2,1-2H3,(H,22,25). The summed E-state index contributed by atoms with van der Waals surface area (Å²) >= 11 is 0. The Kier molecular flexibility index (Phi) is 5.83. The van der Waals surface area contributed by atoms with Gasteiger partial charge in [0, 0.05) is 56.9 Å². The van der Waals surface area contributed by atoms with E-state index in [0.717, 1.165) is 5.56 Å². The zero-order valence-corrected chi connectivity index (χ0v) is 15.1. The zero-order chi connectivity index (χ0) is 18.4. The van der Waals surface area contributed by atoms with Crippen molar-refractivity contribution < 1.29 is 9.53 Å². The lowest BCUT2D eigenvalue weighted by Crippen LogP contribution is -2.52. The van der Waals surface area contributed by atoms with Crippen molar-refractivity contribution in [3.05, 3.63) is 42.4 Å². The van der Waals surface area contributed by atoms with E-state index in [-0.39, 0.29) is 12.1 Å². The zero-order valence-electron chi connectivity index (χ0n) is 15.1. The Morgan fingerprint density at radius 2 is 1.81 bits per heavy atom. The molecule has 0 unspecified atom stereocenters. The summed E-state index contributed by atoms with van der Waals surface area (Å²) in [5.41, 5.74) is 0.867. The molecule has 1 aliphatic rings. The molecule has 1 saturated heterocycles. The van der Waals surface area contributed by atoms with Gasteiger partial charge in [-0.15, -0.1) is 0 Å². The van der Waals surface area contributed by atoms with E-state index in [1.54, 1.807) is 29.6 Å². The van der Waals surface area contributed by atoms with Gasteiger partial charge in [0.2, 0.25) is 11.8 Å². The summed E-state index contributed by atoms with van der Waals surface area (Å²) in [6, 6.07) is 5.46. The fourth-order valence-corrected chi connectivity index (χ4v) is 2.73. The maximum absolute atomic E-state index is 12.5. The topological polar surface area (TPSA) is 83.5 Å². The van der Waals surface area contributed by atoms with Crippen molar-refractivity contribution in [3.63, 3.8) is 0 Å². The van der Waals surface area contributed by atoms with Gasteiger partial charge in [-0.3, -0.25) is 0 Å². The van der Waals surface area contributed by atoms with Gasteiger partial charge in [-0.25, -0.2) is 19.7 Å². The summed E-state index contributed by atoms with van der Waals surface area (Å²) in [6.07, 6.45) is 5.18. The van der Waals surface area contributed by atoms with Gasteiger partial charge < -0.3 is 19.9 Å². The molecule has 1 aliphatic heterocycles. The monoisotopic (exact) mass is 356 g/mol. The number of piperazine rings is 1. The van der Waals surface area contributed by atoms with Crippen LogP contribution in [0.3, 0.4) is 0 Å². The molecule has 8 heteroatoms. The highest BCUT2D eigenvalue weighted by molar-refractivity contribution is 5.74. The molecule has 0 saturated carbocycles. The van der Waals surface area contributed by atoms with Gasteiger partial charge in [-0.1, -0.05) is 6.07 Å². The first-order valence-corrected chi connectivity index (χ1v) is 8.79. The van der Waals surface area contributed by atoms with Crippen LogP contribution in [0.25, 0.3) is 0 Å². The van der Waals surface area contributed by atoms with Crippen LogP contribution in [0.4, 0.5) is 10.7 Å². The third-order valence-corrected chi connectivity index (χ3v) is 4.03. The number of anilines is 1. The van der Waals surface area contributed by atoms with E-state index in [1.165, 1.54) is 0 Å². The van der Waals surface area contributed by atoms with E-state index in [9.17, 15) is 4.79 Å². The normalized spacial score (nSPS) is 14.4. The molecular formula is C18H24N6O2. The summed E-state index contributed by atoms with van der Waals surface area (Å²) in [7, 11) is 0. The smallest absolute Gasteiger partial charge is 0.317 e. The minimum Gasteiger partial charge on any atom is -0.475 e. The Balaban J connectivity index is 1.51. The number of carbonyl (C=O) groups is 1. The first kappa shape index (κ1) is 17.9. The van der Waals surface area contributed by atoms with Crippen LogP contribution in [0.15, 0.2) is 36.8 Å². The minimum atomic E-state index is -0.0852. The highest BCUT2D eigenvalue weighted by Crippen LogP contribution is 2.16. The molecule has 3 heterocycles. The second-order valence-electron chi connectivity index (χ2n) is 6.32. The lowest BCUT2D eigenvalue weighted by atomic mass is 10.2. The molecule has 2 amide bonds. The number of amides is 2. The van der Waals surface area contributed by atoms with Gasteiger partial charge in [-0.2, -0.15) is 0 Å². The molecule has 2 aromatic rings. The Bertz CT molecular complexity index is 717. The molecule has 138 valence electrons. The third kappa shape index (κ3) is 4.59. The molecule has 0 spiro atoms. The van der Waals surface area contributed by atoms with Crippen LogP contribution >= 0.6 is 0 Å². The number of hydrogen-bond donors (Lipinski definition) is 1. The summed E-state index contributed by atoms with van der Waals surface area (Å²) in [5.74, 6) is 1.27. The molecule has 1 N–H and O–H groups in total. The predicted octanol–water partition coefficient (Wildman–Crippen LogP) is 1.69. The van der Waals surface area contributed by atoms with Crippen LogP contribution < -0.4 is 15.0 Å². The summed E-state index contributed by atoms with van der Waals surface area (Å²) in [4.78, 5) is 29.1. The van der Waals surface area contributed by atoms with E-state index in [4.69, 9.17) is 4.74 Å². The lowest BCUT2D eigenvalue weighted by molar-refractivity contribution is 0.193. The summed E-state index contributed by atoms with van der Waals surface area (Å²) < 4.78 is 5.69. The van der Waals surface area contributed by atoms with Crippen molar-refractivity contribution in [1.29, 1.82) is 0 Å². The van der Waals surface area contributed by atoms with Crippen LogP contribution in [0.2, 0.25) is 0 Å². The van der Waals surface area contributed by atoms with E-state index < -0.39 is 0 Å². The number of urea groups is 1. The van der Waals surface area contributed by atoms with Crippen LogP contribution in [0.5, 0.6) is 5.88 Å². The number of carbonyl (C=O) groups excluding carboxylic acids is 1. The highest BCUT2D eigenvalue weighted by Gasteiger charge is 2.22. The van der Waals surface area contributed by atoms with Crippen LogP contribution in [-0.2, 0) is 6.54 Å². The first-order chi connectivity index (χ1) is 12.6. The molecule has 0 aromatic carbocycles. The van der Waals surface area contributed by atoms with Crippen molar-refractivity contribution in [2.75, 3.05) is 31.1 Å². The highest BCUT2D eigenvalue weighted by atomic mass is 16.5. The number of rotatable bonds is 5. The van der Waals surface area contributed by atoms with Crippen molar-refractivity contribution in [3.8, 4) is 5.88 Å². The maximum atomic E-state index is 12.5. The number of pyridine rings is 1. The Morgan fingerprint density at radius 1 is 1.12 bits per heavy atom. The number of aromatic nitrogens is 3. The number of hydrogen-bond acceptors (Lipinski definition) is 6. The van der Waals surface area contributed by atoms with Gasteiger partial charge in [-0.05, 0) is 26.0 Å².